The lowest BCUT2D eigenvalue weighted by molar-refractivity contribution is -0.145. The number of pyridine rings is 1. The average Bonchev–Trinajstić information content (AvgIpc) is 3.28. The highest BCUT2D eigenvalue weighted by molar-refractivity contribution is 5.93. The minimum Gasteiger partial charge on any atom is -0.464 e. The molecule has 0 unspecified atom stereocenters. The third-order valence-electron chi connectivity index (χ3n) is 5.23. The maximum absolute atomic E-state index is 14.2. The standard InChI is InChI=1S/C23H24F2N2O5/c1-23(2)31-13-17(32-23)12-30-11-15-10-27(9-14-4-5-16(24)6-19(14)25)21-8-26-20(7-18(15)21)22(28)29-3/h4-8,10,17H,9,11-13H2,1-3H3/t17-/m0/s1. The fraction of sp³-hybridized carbons (Fsp3) is 0.391. The predicted molar refractivity (Wildman–Crippen MR) is 111 cm³/mol. The predicted octanol–water partition coefficient (Wildman–Crippen LogP) is 3.82. The van der Waals surface area contributed by atoms with Gasteiger partial charge in [-0.15, -0.1) is 0 Å². The van der Waals surface area contributed by atoms with Gasteiger partial charge in [-0.25, -0.2) is 18.6 Å². The van der Waals surface area contributed by atoms with Crippen molar-refractivity contribution in [1.82, 2.24) is 9.55 Å². The van der Waals surface area contributed by atoms with Crippen LogP contribution in [0.1, 0.15) is 35.5 Å². The van der Waals surface area contributed by atoms with Crippen molar-refractivity contribution in [2.75, 3.05) is 20.3 Å². The van der Waals surface area contributed by atoms with Crippen molar-refractivity contribution in [3.63, 3.8) is 0 Å². The molecule has 3 heterocycles. The molecule has 1 aliphatic heterocycles. The molecular weight excluding hydrogens is 422 g/mol. The van der Waals surface area contributed by atoms with Gasteiger partial charge in [0.2, 0.25) is 0 Å². The summed E-state index contributed by atoms with van der Waals surface area (Å²) in [5.74, 6) is -2.47. The molecule has 4 rings (SSSR count). The van der Waals surface area contributed by atoms with E-state index >= 15 is 0 Å². The molecule has 7 nitrogen and oxygen atoms in total. The van der Waals surface area contributed by atoms with Crippen LogP contribution in [0, 0.1) is 11.6 Å². The number of carbonyl (C=O) groups is 1. The summed E-state index contributed by atoms with van der Waals surface area (Å²) >= 11 is 0. The maximum atomic E-state index is 14.2. The Balaban J connectivity index is 1.60. The lowest BCUT2D eigenvalue weighted by Gasteiger charge is -2.17. The largest absolute Gasteiger partial charge is 0.464 e. The Bertz CT molecular complexity index is 1140. The van der Waals surface area contributed by atoms with Gasteiger partial charge in [0, 0.05) is 28.8 Å². The van der Waals surface area contributed by atoms with Gasteiger partial charge in [-0.3, -0.25) is 0 Å². The number of fused-ring (bicyclic) bond motifs is 1. The van der Waals surface area contributed by atoms with Crippen LogP contribution in [-0.4, -0.2) is 47.7 Å². The zero-order valence-electron chi connectivity index (χ0n) is 18.1. The van der Waals surface area contributed by atoms with Gasteiger partial charge in [0.05, 0.1) is 45.2 Å². The zero-order chi connectivity index (χ0) is 22.9. The number of hydrogen-bond acceptors (Lipinski definition) is 6. The molecule has 1 fully saturated rings. The fourth-order valence-corrected chi connectivity index (χ4v) is 3.70. The second kappa shape index (κ2) is 8.93. The minimum atomic E-state index is -0.636. The molecule has 1 aromatic carbocycles. The van der Waals surface area contributed by atoms with Gasteiger partial charge in [-0.2, -0.15) is 0 Å². The van der Waals surface area contributed by atoms with E-state index in [1.807, 2.05) is 20.0 Å². The highest BCUT2D eigenvalue weighted by Gasteiger charge is 2.32. The number of esters is 1. The van der Waals surface area contributed by atoms with Crippen molar-refractivity contribution >= 4 is 16.9 Å². The Morgan fingerprint density at radius 1 is 1.28 bits per heavy atom. The summed E-state index contributed by atoms with van der Waals surface area (Å²) in [6, 6.07) is 5.09. The van der Waals surface area contributed by atoms with E-state index in [9.17, 15) is 13.6 Å². The molecule has 0 bridgehead atoms. The van der Waals surface area contributed by atoms with Crippen molar-refractivity contribution < 1.29 is 32.5 Å². The Morgan fingerprint density at radius 3 is 2.78 bits per heavy atom. The van der Waals surface area contributed by atoms with Gasteiger partial charge in [0.25, 0.3) is 0 Å². The van der Waals surface area contributed by atoms with Crippen LogP contribution in [0.25, 0.3) is 10.9 Å². The molecule has 0 N–H and O–H groups in total. The molecule has 1 atom stereocenters. The molecule has 1 aliphatic rings. The van der Waals surface area contributed by atoms with E-state index in [4.69, 9.17) is 18.9 Å². The third kappa shape index (κ3) is 4.79. The number of rotatable bonds is 7. The summed E-state index contributed by atoms with van der Waals surface area (Å²) in [5.41, 5.74) is 1.95. The van der Waals surface area contributed by atoms with E-state index in [1.54, 1.807) is 10.6 Å². The lowest BCUT2D eigenvalue weighted by atomic mass is 10.2. The van der Waals surface area contributed by atoms with Crippen molar-refractivity contribution in [3.8, 4) is 0 Å². The number of ether oxygens (including phenoxy) is 4. The molecular formula is C23H24F2N2O5. The van der Waals surface area contributed by atoms with Crippen LogP contribution in [0.4, 0.5) is 8.78 Å². The Labute approximate surface area is 183 Å². The number of halogens is 2. The van der Waals surface area contributed by atoms with Gasteiger partial charge in [0.15, 0.2) is 5.79 Å². The molecule has 0 amide bonds. The van der Waals surface area contributed by atoms with Gasteiger partial charge in [-0.1, -0.05) is 6.07 Å². The molecule has 0 aliphatic carbocycles. The van der Waals surface area contributed by atoms with Crippen molar-refractivity contribution in [2.24, 2.45) is 0 Å². The van der Waals surface area contributed by atoms with Crippen molar-refractivity contribution in [2.45, 2.75) is 38.9 Å². The Morgan fingerprint density at radius 2 is 2.09 bits per heavy atom. The second-order valence-electron chi connectivity index (χ2n) is 8.06. The van der Waals surface area contributed by atoms with Crippen LogP contribution >= 0.6 is 0 Å². The van der Waals surface area contributed by atoms with E-state index in [-0.39, 0.29) is 24.9 Å². The molecule has 1 saturated heterocycles. The van der Waals surface area contributed by atoms with Gasteiger partial charge in [0.1, 0.15) is 23.4 Å². The number of hydrogen-bond donors (Lipinski definition) is 0. The number of carbonyl (C=O) groups excluding carboxylic acids is 1. The van der Waals surface area contributed by atoms with Crippen LogP contribution < -0.4 is 0 Å². The van der Waals surface area contributed by atoms with E-state index in [0.717, 1.165) is 17.0 Å². The number of methoxy groups -OCH3 is 1. The molecule has 3 aromatic rings. The fourth-order valence-electron chi connectivity index (χ4n) is 3.70. The van der Waals surface area contributed by atoms with Crippen LogP contribution in [0.15, 0.2) is 36.7 Å². The zero-order valence-corrected chi connectivity index (χ0v) is 18.1. The first-order chi connectivity index (χ1) is 15.3. The number of aromatic nitrogens is 2. The Kier molecular flexibility index (Phi) is 6.23. The Hall–Kier alpha value is -2.88. The summed E-state index contributed by atoms with van der Waals surface area (Å²) in [6.07, 6.45) is 3.16. The summed E-state index contributed by atoms with van der Waals surface area (Å²) in [7, 11) is 1.28. The second-order valence-corrected chi connectivity index (χ2v) is 8.06. The summed E-state index contributed by atoms with van der Waals surface area (Å²) < 4.78 is 51.2. The smallest absolute Gasteiger partial charge is 0.356 e. The normalized spacial score (nSPS) is 17.7. The van der Waals surface area contributed by atoms with E-state index in [1.165, 1.54) is 25.4 Å². The summed E-state index contributed by atoms with van der Waals surface area (Å²) in [4.78, 5) is 16.1. The molecule has 0 spiro atoms. The molecule has 0 saturated carbocycles. The van der Waals surface area contributed by atoms with Gasteiger partial charge >= 0.3 is 5.97 Å². The molecule has 32 heavy (non-hydrogen) atoms. The first-order valence-corrected chi connectivity index (χ1v) is 10.2. The quantitative estimate of drug-likeness (QED) is 0.514. The average molecular weight is 446 g/mol. The topological polar surface area (TPSA) is 71.8 Å². The van der Waals surface area contributed by atoms with E-state index in [2.05, 4.69) is 4.98 Å². The first kappa shape index (κ1) is 22.3. The molecule has 9 heteroatoms. The molecule has 2 aromatic heterocycles. The van der Waals surface area contributed by atoms with Gasteiger partial charge in [-0.05, 0) is 26.0 Å². The highest BCUT2D eigenvalue weighted by Crippen LogP contribution is 2.26. The lowest BCUT2D eigenvalue weighted by Crippen LogP contribution is -2.24. The van der Waals surface area contributed by atoms with Crippen molar-refractivity contribution in [3.05, 3.63) is 65.1 Å². The molecule has 170 valence electrons. The van der Waals surface area contributed by atoms with E-state index in [0.29, 0.717) is 24.3 Å². The first-order valence-electron chi connectivity index (χ1n) is 10.2. The highest BCUT2D eigenvalue weighted by atomic mass is 19.1. The van der Waals surface area contributed by atoms with Gasteiger partial charge < -0.3 is 23.5 Å². The summed E-state index contributed by atoms with van der Waals surface area (Å²) in [5, 5.41) is 0.729. The summed E-state index contributed by atoms with van der Waals surface area (Å²) in [6.45, 7) is 4.86. The van der Waals surface area contributed by atoms with Crippen LogP contribution in [-0.2, 0) is 32.1 Å². The number of benzene rings is 1. The number of nitrogens with zero attached hydrogens (tertiary/aromatic N) is 2. The molecule has 0 radical (unpaired) electrons. The third-order valence-corrected chi connectivity index (χ3v) is 5.23. The minimum absolute atomic E-state index is 0.154. The SMILES string of the molecule is COC(=O)c1cc2c(COC[C@H]3COC(C)(C)O3)cn(Cc3ccc(F)cc3F)c2cn1. The van der Waals surface area contributed by atoms with Crippen molar-refractivity contribution in [1.29, 1.82) is 0 Å². The van der Waals surface area contributed by atoms with Crippen LogP contribution in [0.2, 0.25) is 0 Å². The maximum Gasteiger partial charge on any atom is 0.356 e. The van der Waals surface area contributed by atoms with Crippen LogP contribution in [0.3, 0.4) is 0 Å². The monoisotopic (exact) mass is 446 g/mol. The van der Waals surface area contributed by atoms with Crippen LogP contribution in [0.5, 0.6) is 0 Å². The van der Waals surface area contributed by atoms with E-state index < -0.39 is 23.4 Å².